The summed E-state index contributed by atoms with van der Waals surface area (Å²) in [6.45, 7) is 0. The minimum atomic E-state index is -0.104. The molecule has 0 saturated heterocycles. The molecule has 5 aromatic rings. The molecule has 1 aromatic heterocycles. The summed E-state index contributed by atoms with van der Waals surface area (Å²) in [4.78, 5) is 18.8. The van der Waals surface area contributed by atoms with Gasteiger partial charge in [0.05, 0.1) is 11.4 Å². The summed E-state index contributed by atoms with van der Waals surface area (Å²) in [7, 11) is 0. The lowest BCUT2D eigenvalue weighted by molar-refractivity contribution is 0.0963. The predicted octanol–water partition coefficient (Wildman–Crippen LogP) is 6.57. The normalized spacial score (nSPS) is 10.7. The van der Waals surface area contributed by atoms with E-state index in [1.807, 2.05) is 121 Å². The summed E-state index contributed by atoms with van der Waals surface area (Å²) >= 11 is 0. The van der Waals surface area contributed by atoms with E-state index in [2.05, 4.69) is 0 Å². The van der Waals surface area contributed by atoms with Crippen molar-refractivity contribution in [1.29, 1.82) is 0 Å². The number of nitrogens with zero attached hydrogens (tertiary/aromatic N) is 2. The first-order chi connectivity index (χ1) is 15.3. The van der Waals surface area contributed by atoms with Gasteiger partial charge in [-0.3, -0.25) is 9.36 Å². The number of carbonyl (C=O) groups is 1. The van der Waals surface area contributed by atoms with E-state index in [1.54, 1.807) is 4.57 Å². The van der Waals surface area contributed by atoms with Crippen LogP contribution in [0, 0.1) is 0 Å². The van der Waals surface area contributed by atoms with Crippen molar-refractivity contribution in [2.75, 3.05) is 0 Å². The Morgan fingerprint density at radius 2 is 1.00 bits per heavy atom. The first-order valence-corrected chi connectivity index (χ1v) is 10.2. The molecule has 1 heterocycles. The second kappa shape index (κ2) is 8.25. The predicted molar refractivity (Wildman–Crippen MR) is 125 cm³/mol. The molecule has 0 aliphatic rings. The van der Waals surface area contributed by atoms with Crippen LogP contribution >= 0.6 is 0 Å². The van der Waals surface area contributed by atoms with Crippen LogP contribution in [-0.2, 0) is 0 Å². The molecule has 31 heavy (non-hydrogen) atoms. The molecule has 0 unspecified atom stereocenters. The summed E-state index contributed by atoms with van der Waals surface area (Å²) in [5.41, 5.74) is 5.01. The zero-order valence-electron chi connectivity index (χ0n) is 16.8. The molecule has 0 aliphatic carbocycles. The maximum absolute atomic E-state index is 13.8. The number of hydrogen-bond acceptors (Lipinski definition) is 2. The van der Waals surface area contributed by atoms with Gasteiger partial charge in [0.25, 0.3) is 5.91 Å². The van der Waals surface area contributed by atoms with Crippen LogP contribution in [0.25, 0.3) is 33.9 Å². The molecule has 0 spiro atoms. The van der Waals surface area contributed by atoms with E-state index in [-0.39, 0.29) is 5.91 Å². The van der Waals surface area contributed by atoms with Crippen molar-refractivity contribution in [3.05, 3.63) is 127 Å². The zero-order valence-corrected chi connectivity index (χ0v) is 16.8. The number of carbonyl (C=O) groups excluding carboxylic acids is 1. The average Bonchev–Trinajstić information content (AvgIpc) is 3.26. The van der Waals surface area contributed by atoms with Gasteiger partial charge in [-0.05, 0) is 12.1 Å². The molecule has 3 nitrogen and oxygen atoms in total. The first-order valence-electron chi connectivity index (χ1n) is 10.2. The van der Waals surface area contributed by atoms with Crippen molar-refractivity contribution in [3.8, 4) is 33.9 Å². The van der Waals surface area contributed by atoms with Crippen molar-refractivity contribution in [2.24, 2.45) is 0 Å². The van der Waals surface area contributed by atoms with Gasteiger partial charge in [0.1, 0.15) is 5.82 Å². The van der Waals surface area contributed by atoms with E-state index in [4.69, 9.17) is 4.98 Å². The highest BCUT2D eigenvalue weighted by Crippen LogP contribution is 2.36. The number of imidazole rings is 1. The van der Waals surface area contributed by atoms with Crippen LogP contribution in [0.4, 0.5) is 0 Å². The summed E-state index contributed by atoms with van der Waals surface area (Å²) < 4.78 is 1.75. The summed E-state index contributed by atoms with van der Waals surface area (Å²) in [5, 5.41) is 0. The Morgan fingerprint density at radius 3 is 1.55 bits per heavy atom. The van der Waals surface area contributed by atoms with E-state index in [9.17, 15) is 4.79 Å². The third-order valence-corrected chi connectivity index (χ3v) is 5.23. The van der Waals surface area contributed by atoms with Gasteiger partial charge in [-0.2, -0.15) is 0 Å². The van der Waals surface area contributed by atoms with Crippen LogP contribution in [0.2, 0.25) is 0 Å². The van der Waals surface area contributed by atoms with Crippen molar-refractivity contribution >= 4 is 5.91 Å². The van der Waals surface area contributed by atoms with Crippen LogP contribution in [0.1, 0.15) is 10.4 Å². The molecule has 0 aliphatic heterocycles. The molecule has 0 fully saturated rings. The molecule has 3 heteroatoms. The summed E-state index contributed by atoms with van der Waals surface area (Å²) in [6.07, 6.45) is 0. The van der Waals surface area contributed by atoms with Crippen LogP contribution in [0.15, 0.2) is 121 Å². The third kappa shape index (κ3) is 3.58. The largest absolute Gasteiger partial charge is 0.268 e. The molecule has 0 bridgehead atoms. The Kier molecular flexibility index (Phi) is 4.99. The molecule has 0 N–H and O–H groups in total. The fourth-order valence-electron chi connectivity index (χ4n) is 3.77. The first kappa shape index (κ1) is 18.8. The lowest BCUT2D eigenvalue weighted by atomic mass is 10.0. The Bertz CT molecular complexity index is 1310. The minimum absolute atomic E-state index is 0.104. The van der Waals surface area contributed by atoms with Crippen molar-refractivity contribution < 1.29 is 4.79 Å². The van der Waals surface area contributed by atoms with Crippen molar-refractivity contribution in [1.82, 2.24) is 9.55 Å². The second-order valence-electron chi connectivity index (χ2n) is 7.24. The van der Waals surface area contributed by atoms with E-state index in [0.29, 0.717) is 11.4 Å². The maximum Gasteiger partial charge on any atom is 0.264 e. The fourth-order valence-corrected chi connectivity index (χ4v) is 3.77. The molecular formula is C28H20N2O. The van der Waals surface area contributed by atoms with Crippen LogP contribution in [0.3, 0.4) is 0 Å². The minimum Gasteiger partial charge on any atom is -0.268 e. The number of hydrogen-bond donors (Lipinski definition) is 0. The lowest BCUT2D eigenvalue weighted by Gasteiger charge is -2.12. The Balaban J connectivity index is 1.86. The SMILES string of the molecule is O=C(c1ccccc1)n1c(-c2ccccc2)nc(-c2ccccc2)c1-c1ccccc1. The molecule has 0 amide bonds. The smallest absolute Gasteiger partial charge is 0.264 e. The molecule has 5 rings (SSSR count). The third-order valence-electron chi connectivity index (χ3n) is 5.23. The molecule has 0 atom stereocenters. The molecule has 0 saturated carbocycles. The molecule has 4 aromatic carbocycles. The van der Waals surface area contributed by atoms with Crippen LogP contribution < -0.4 is 0 Å². The topological polar surface area (TPSA) is 34.9 Å². The summed E-state index contributed by atoms with van der Waals surface area (Å²) in [6, 6.07) is 39.2. The molecule has 0 radical (unpaired) electrons. The Morgan fingerprint density at radius 1 is 0.548 bits per heavy atom. The standard InChI is InChI=1S/C28H20N2O/c31-28(24-19-11-4-12-20-24)30-26(22-15-7-2-8-16-22)25(21-13-5-1-6-14-21)29-27(30)23-17-9-3-10-18-23/h1-20H. The lowest BCUT2D eigenvalue weighted by Crippen LogP contribution is -2.15. The van der Waals surface area contributed by atoms with Crippen LogP contribution in [0.5, 0.6) is 0 Å². The van der Waals surface area contributed by atoms with Gasteiger partial charge in [-0.1, -0.05) is 109 Å². The number of benzene rings is 4. The van der Waals surface area contributed by atoms with Gasteiger partial charge in [-0.25, -0.2) is 4.98 Å². The van der Waals surface area contributed by atoms with Gasteiger partial charge in [-0.15, -0.1) is 0 Å². The fraction of sp³-hybridized carbons (Fsp3) is 0. The molecular weight excluding hydrogens is 380 g/mol. The van der Waals surface area contributed by atoms with Gasteiger partial charge in [0.15, 0.2) is 0 Å². The monoisotopic (exact) mass is 400 g/mol. The highest BCUT2D eigenvalue weighted by molar-refractivity contribution is 6.03. The highest BCUT2D eigenvalue weighted by Gasteiger charge is 2.25. The maximum atomic E-state index is 13.8. The summed E-state index contributed by atoms with van der Waals surface area (Å²) in [5.74, 6) is 0.528. The van der Waals surface area contributed by atoms with Crippen molar-refractivity contribution in [2.45, 2.75) is 0 Å². The van der Waals surface area contributed by atoms with Gasteiger partial charge < -0.3 is 0 Å². The number of rotatable bonds is 4. The van der Waals surface area contributed by atoms with Gasteiger partial charge >= 0.3 is 0 Å². The quantitative estimate of drug-likeness (QED) is 0.342. The van der Waals surface area contributed by atoms with Gasteiger partial charge in [0.2, 0.25) is 0 Å². The number of aromatic nitrogens is 2. The van der Waals surface area contributed by atoms with E-state index >= 15 is 0 Å². The van der Waals surface area contributed by atoms with Crippen LogP contribution in [-0.4, -0.2) is 15.5 Å². The van der Waals surface area contributed by atoms with E-state index in [0.717, 1.165) is 28.1 Å². The van der Waals surface area contributed by atoms with Crippen molar-refractivity contribution in [3.63, 3.8) is 0 Å². The van der Waals surface area contributed by atoms with E-state index in [1.165, 1.54) is 0 Å². The Hall–Kier alpha value is -4.24. The zero-order chi connectivity index (χ0) is 21.0. The van der Waals surface area contributed by atoms with Gasteiger partial charge in [0, 0.05) is 22.3 Å². The molecule has 148 valence electrons. The van der Waals surface area contributed by atoms with E-state index < -0.39 is 0 Å². The highest BCUT2D eigenvalue weighted by atomic mass is 16.2. The average molecular weight is 400 g/mol. The Labute approximate surface area is 181 Å². The second-order valence-corrected chi connectivity index (χ2v) is 7.24.